The van der Waals surface area contributed by atoms with Crippen molar-refractivity contribution in [3.8, 4) is 11.5 Å². The van der Waals surface area contributed by atoms with Gasteiger partial charge in [0.1, 0.15) is 22.8 Å². The van der Waals surface area contributed by atoms with E-state index in [-0.39, 0.29) is 21.9 Å². The number of pyridine rings is 1. The molecule has 0 spiro atoms. The second-order valence-corrected chi connectivity index (χ2v) is 21.5. The van der Waals surface area contributed by atoms with E-state index < -0.39 is 31.4 Å². The zero-order valence-corrected chi connectivity index (χ0v) is 37.1. The van der Waals surface area contributed by atoms with Crippen LogP contribution in [0, 0.1) is 26.9 Å². The molecule has 2 saturated heterocycles. The van der Waals surface area contributed by atoms with E-state index in [1.54, 1.807) is 41.6 Å². The minimum atomic E-state index is -4.55. The number of aromatic amines is 1. The van der Waals surface area contributed by atoms with Crippen molar-refractivity contribution in [3.63, 3.8) is 0 Å². The van der Waals surface area contributed by atoms with E-state index in [1.807, 2.05) is 6.07 Å². The maximum atomic E-state index is 14.0. The largest absolute Gasteiger partial charge is 0.455 e. The first kappa shape index (κ1) is 42.6. The molecule has 0 atom stereocenters. The van der Waals surface area contributed by atoms with E-state index >= 15 is 0 Å². The van der Waals surface area contributed by atoms with Crippen LogP contribution in [0.2, 0.25) is 0 Å². The number of anilines is 2. The number of nitro benzene ring substituents is 1. The molecule has 3 saturated carbocycles. The molecule has 330 valence electrons. The number of alkyl halides is 1. The SMILES string of the molecule is CC1(C)CCC(CN2CCN(c3ccc(C(=O)NS(=O)(=O)c4ccc(NCC5CCCOCCC5)c([N+](=O)[O-])c4)c(Oc4cnc5[nH]ccc5c4)c3)CC2)=C(C23CC(Cl)(C2)C3)C1. The number of ether oxygens (including phenoxy) is 2. The van der Waals surface area contributed by atoms with Crippen LogP contribution in [-0.2, 0) is 14.8 Å². The Morgan fingerprint density at radius 1 is 1.05 bits per heavy atom. The van der Waals surface area contributed by atoms with E-state index in [1.165, 1.54) is 24.8 Å². The minimum absolute atomic E-state index is 0.0190. The van der Waals surface area contributed by atoms with Crippen LogP contribution in [0.15, 0.2) is 77.0 Å². The van der Waals surface area contributed by atoms with Gasteiger partial charge in [0, 0.05) is 86.8 Å². The first-order valence-electron chi connectivity index (χ1n) is 22.0. The maximum Gasteiger partial charge on any atom is 0.293 e. The van der Waals surface area contributed by atoms with Crippen LogP contribution in [0.1, 0.15) is 88.4 Å². The Morgan fingerprint density at radius 2 is 1.81 bits per heavy atom. The molecule has 62 heavy (non-hydrogen) atoms. The number of aromatic nitrogens is 2. The number of amides is 1. The van der Waals surface area contributed by atoms with Crippen LogP contribution in [-0.4, -0.2) is 91.5 Å². The van der Waals surface area contributed by atoms with Crippen LogP contribution in [0.25, 0.3) is 11.0 Å². The predicted octanol–water partition coefficient (Wildman–Crippen LogP) is 8.79. The number of H-pyrrole nitrogens is 1. The highest BCUT2D eigenvalue weighted by atomic mass is 35.5. The summed E-state index contributed by atoms with van der Waals surface area (Å²) in [6, 6.07) is 12.4. The summed E-state index contributed by atoms with van der Waals surface area (Å²) < 4.78 is 41.5. The van der Waals surface area contributed by atoms with Crippen molar-refractivity contribution in [2.45, 2.75) is 87.8 Å². The standard InChI is InChI=1S/C46H56ClN7O7S/c1-44(2)13-11-33(38(24-44)45-28-46(47,29-45)30-45)27-52-15-17-53(18-16-52)34-7-9-37(41(22-34)61-35-21-32-12-14-48-42(32)50-26-35)43(55)51-62(58,59)36-8-10-39(40(23-36)54(56)57)49-25-31-5-3-19-60-20-4-6-31/h7-10,12,14,21-23,26,31,49H,3-6,11,13,15-20,24-25,27-30H2,1-2H3,(H,48,50)(H,51,55). The van der Waals surface area contributed by atoms with Gasteiger partial charge in [-0.05, 0) is 117 Å². The Labute approximate surface area is 368 Å². The molecular weight excluding hydrogens is 830 g/mol. The molecule has 2 aromatic heterocycles. The number of halogens is 1. The monoisotopic (exact) mass is 885 g/mol. The maximum absolute atomic E-state index is 14.0. The lowest BCUT2D eigenvalue weighted by molar-refractivity contribution is -0.384. The number of carbonyl (C=O) groups excluding carboxylic acids is 1. The lowest BCUT2D eigenvalue weighted by Crippen LogP contribution is -2.65. The Kier molecular flexibility index (Phi) is 11.5. The third-order valence-corrected chi connectivity index (χ3v) is 15.6. The average Bonchev–Trinajstić information content (AvgIpc) is 3.68. The Morgan fingerprint density at radius 3 is 2.53 bits per heavy atom. The zero-order valence-electron chi connectivity index (χ0n) is 35.5. The fraction of sp³-hybridized carbons (Fsp3) is 0.522. The summed E-state index contributed by atoms with van der Waals surface area (Å²) in [7, 11) is -4.55. The first-order valence-corrected chi connectivity index (χ1v) is 23.8. The number of benzene rings is 2. The molecule has 16 heteroatoms. The van der Waals surface area contributed by atoms with Crippen molar-refractivity contribution in [1.29, 1.82) is 0 Å². The molecule has 0 radical (unpaired) electrons. The first-order chi connectivity index (χ1) is 29.7. The van der Waals surface area contributed by atoms with Crippen molar-refractivity contribution in [3.05, 3.63) is 87.7 Å². The average molecular weight is 887 g/mol. The highest BCUT2D eigenvalue weighted by Gasteiger charge is 2.69. The minimum Gasteiger partial charge on any atom is -0.455 e. The van der Waals surface area contributed by atoms with Crippen molar-refractivity contribution >= 4 is 55.6 Å². The van der Waals surface area contributed by atoms with Gasteiger partial charge in [-0.15, -0.1) is 11.6 Å². The number of allylic oxidation sites excluding steroid dienone is 1. The molecule has 1 amide bonds. The topological polar surface area (TPSA) is 172 Å². The van der Waals surface area contributed by atoms with Gasteiger partial charge in [-0.25, -0.2) is 18.1 Å². The summed E-state index contributed by atoms with van der Waals surface area (Å²) in [4.78, 5) is 37.5. The smallest absolute Gasteiger partial charge is 0.293 e. The summed E-state index contributed by atoms with van der Waals surface area (Å²) in [5.74, 6) is -0.114. The molecular formula is C46H56ClN7O7S. The van der Waals surface area contributed by atoms with Gasteiger partial charge in [0.25, 0.3) is 21.6 Å². The molecule has 14 nitrogen and oxygen atoms in total. The Balaban J connectivity index is 0.914. The van der Waals surface area contributed by atoms with E-state index in [2.05, 4.69) is 43.7 Å². The molecule has 5 fully saturated rings. The summed E-state index contributed by atoms with van der Waals surface area (Å²) in [5, 5.41) is 16.1. The molecule has 4 aromatic rings. The summed E-state index contributed by atoms with van der Waals surface area (Å²) in [6.45, 7) is 10.9. The summed E-state index contributed by atoms with van der Waals surface area (Å²) in [6.07, 6.45) is 13.8. The van der Waals surface area contributed by atoms with Gasteiger partial charge in [-0.3, -0.25) is 19.8 Å². The number of nitrogens with zero attached hydrogens (tertiary/aromatic N) is 4. The van der Waals surface area contributed by atoms with E-state index in [4.69, 9.17) is 21.1 Å². The fourth-order valence-corrected chi connectivity index (χ4v) is 12.2. The number of hydrogen-bond donors (Lipinski definition) is 3. The van der Waals surface area contributed by atoms with Gasteiger partial charge in [0.05, 0.1) is 21.6 Å². The molecule has 10 rings (SSSR count). The van der Waals surface area contributed by atoms with Crippen LogP contribution in [0.3, 0.4) is 0 Å². The molecule has 4 heterocycles. The molecule has 2 aromatic carbocycles. The van der Waals surface area contributed by atoms with E-state index in [0.717, 1.165) is 108 Å². The van der Waals surface area contributed by atoms with Crippen LogP contribution >= 0.6 is 11.6 Å². The predicted molar refractivity (Wildman–Crippen MR) is 240 cm³/mol. The number of nitrogens with one attached hydrogen (secondary N) is 3. The fourth-order valence-electron chi connectivity index (χ4n) is 10.4. The lowest BCUT2D eigenvalue weighted by Gasteiger charge is -2.70. The highest BCUT2D eigenvalue weighted by Crippen LogP contribution is 2.75. The number of carbonyl (C=O) groups is 1. The van der Waals surface area contributed by atoms with E-state index in [9.17, 15) is 23.3 Å². The number of nitro groups is 1. The van der Waals surface area contributed by atoms with Crippen LogP contribution in [0.5, 0.6) is 11.5 Å². The Bertz CT molecular complexity index is 2490. The number of sulfonamides is 1. The van der Waals surface area contributed by atoms with Crippen molar-refractivity contribution in [2.24, 2.45) is 16.7 Å². The number of piperazine rings is 1. The number of rotatable bonds is 13. The third kappa shape index (κ3) is 8.91. The summed E-state index contributed by atoms with van der Waals surface area (Å²) in [5.41, 5.74) is 5.25. The third-order valence-electron chi connectivity index (χ3n) is 13.8. The second kappa shape index (κ2) is 16.8. The van der Waals surface area contributed by atoms with Gasteiger partial charge in [0.2, 0.25) is 0 Å². The zero-order chi connectivity index (χ0) is 43.3. The number of fused-ring (bicyclic) bond motifs is 1. The van der Waals surface area contributed by atoms with Gasteiger partial charge in [-0.2, -0.15) is 0 Å². The van der Waals surface area contributed by atoms with Crippen molar-refractivity contribution in [1.82, 2.24) is 19.6 Å². The van der Waals surface area contributed by atoms with E-state index in [0.29, 0.717) is 47.9 Å². The highest BCUT2D eigenvalue weighted by molar-refractivity contribution is 7.90. The Hall–Kier alpha value is -4.70. The van der Waals surface area contributed by atoms with Gasteiger partial charge >= 0.3 is 0 Å². The van der Waals surface area contributed by atoms with Gasteiger partial charge in [0.15, 0.2) is 0 Å². The molecule has 0 unspecified atom stereocenters. The summed E-state index contributed by atoms with van der Waals surface area (Å²) >= 11 is 6.75. The van der Waals surface area contributed by atoms with Gasteiger partial charge < -0.3 is 24.7 Å². The molecule has 3 N–H and O–H groups in total. The quantitative estimate of drug-likeness (QED) is 0.0507. The van der Waals surface area contributed by atoms with Crippen LogP contribution in [0.4, 0.5) is 17.1 Å². The van der Waals surface area contributed by atoms with Crippen LogP contribution < -0.4 is 19.7 Å². The number of hydrogen-bond acceptors (Lipinski definition) is 11. The van der Waals surface area contributed by atoms with Crippen molar-refractivity contribution < 1.29 is 27.6 Å². The van der Waals surface area contributed by atoms with Gasteiger partial charge in [-0.1, -0.05) is 25.0 Å². The normalized spacial score (nSPS) is 24.4. The molecule has 2 bridgehead atoms. The lowest BCUT2D eigenvalue weighted by atomic mass is 9.39. The van der Waals surface area contributed by atoms with Crippen molar-refractivity contribution in [2.75, 3.05) is 62.7 Å². The molecule has 4 aliphatic carbocycles. The second-order valence-electron chi connectivity index (χ2n) is 19.0. The molecule has 6 aliphatic rings. The molecule has 2 aliphatic heterocycles.